The van der Waals surface area contributed by atoms with Gasteiger partial charge in [0, 0.05) is 5.69 Å². The van der Waals surface area contributed by atoms with Gasteiger partial charge in [0.15, 0.2) is 5.82 Å². The maximum absolute atomic E-state index is 12.2. The number of aromatic amines is 1. The van der Waals surface area contributed by atoms with E-state index in [4.69, 9.17) is 0 Å². The number of hydrogen-bond donors (Lipinski definition) is 2. The van der Waals surface area contributed by atoms with Crippen LogP contribution >= 0.6 is 0 Å². The Morgan fingerprint density at radius 2 is 2.00 bits per heavy atom. The van der Waals surface area contributed by atoms with Crippen LogP contribution in [0.5, 0.6) is 5.88 Å². The zero-order chi connectivity index (χ0) is 14.1. The third-order valence-corrected chi connectivity index (χ3v) is 3.83. The van der Waals surface area contributed by atoms with Crippen LogP contribution in [0.1, 0.15) is 42.9 Å². The first-order chi connectivity index (χ1) is 9.65. The summed E-state index contributed by atoms with van der Waals surface area (Å²) < 4.78 is 0. The fourth-order valence-corrected chi connectivity index (χ4v) is 2.85. The van der Waals surface area contributed by atoms with Crippen LogP contribution in [0.3, 0.4) is 0 Å². The predicted molar refractivity (Wildman–Crippen MR) is 75.7 cm³/mol. The summed E-state index contributed by atoms with van der Waals surface area (Å²) in [4.78, 5) is 23.4. The van der Waals surface area contributed by atoms with Crippen LogP contribution in [0.2, 0.25) is 0 Å². The van der Waals surface area contributed by atoms with E-state index in [2.05, 4.69) is 15.0 Å². The summed E-state index contributed by atoms with van der Waals surface area (Å²) in [5.41, 5.74) is 1.58. The van der Waals surface area contributed by atoms with Gasteiger partial charge in [-0.3, -0.25) is 4.79 Å². The summed E-state index contributed by atoms with van der Waals surface area (Å²) in [5, 5.41) is 10.1. The maximum atomic E-state index is 12.2. The van der Waals surface area contributed by atoms with Gasteiger partial charge >= 0.3 is 0 Å². The fraction of sp³-hybridized carbons (Fsp3) is 0.400. The van der Waals surface area contributed by atoms with Gasteiger partial charge in [-0.05, 0) is 37.8 Å². The van der Waals surface area contributed by atoms with Crippen molar-refractivity contribution in [2.24, 2.45) is 0 Å². The van der Waals surface area contributed by atoms with E-state index in [1.54, 1.807) is 6.07 Å². The second kappa shape index (κ2) is 5.07. The van der Waals surface area contributed by atoms with Crippen LogP contribution in [-0.2, 0) is 0 Å². The highest BCUT2D eigenvalue weighted by molar-refractivity contribution is 5.50. The molecule has 2 N–H and O–H groups in total. The van der Waals surface area contributed by atoms with Crippen LogP contribution in [-0.4, -0.2) is 20.1 Å². The number of H-pyrrole nitrogens is 1. The van der Waals surface area contributed by atoms with Gasteiger partial charge in [0.05, 0.1) is 5.56 Å². The molecule has 2 aromatic rings. The molecule has 1 aliphatic carbocycles. The minimum Gasteiger partial charge on any atom is -0.493 e. The molecule has 0 spiro atoms. The number of aromatic nitrogens is 3. The maximum Gasteiger partial charge on any atom is 0.258 e. The number of nitrogens with one attached hydrogen (secondary N) is 1. The second-order valence-electron chi connectivity index (χ2n) is 5.30. The van der Waals surface area contributed by atoms with E-state index in [9.17, 15) is 9.90 Å². The monoisotopic (exact) mass is 271 g/mol. The molecule has 0 radical (unpaired) electrons. The first kappa shape index (κ1) is 12.8. The minimum absolute atomic E-state index is 0.130. The smallest absolute Gasteiger partial charge is 0.258 e. The normalized spacial score (nSPS) is 15.7. The molecule has 5 heteroatoms. The lowest BCUT2D eigenvalue weighted by Crippen LogP contribution is -2.17. The number of pyridine rings is 1. The van der Waals surface area contributed by atoms with E-state index < -0.39 is 0 Å². The minimum atomic E-state index is -0.247. The lowest BCUT2D eigenvalue weighted by atomic mass is 10.00. The molecular formula is C15H17N3O2. The standard InChI is InChI=1S/C15H17N3O2/c1-9-5-4-8-11(16-9)13-17-14(19)12(15(20)18-13)10-6-2-3-7-10/h4-5,8,10H,2-3,6-7H2,1H3,(H2,17,18,19,20). The summed E-state index contributed by atoms with van der Waals surface area (Å²) in [6, 6.07) is 5.48. The van der Waals surface area contributed by atoms with Crippen LogP contribution in [0.15, 0.2) is 23.0 Å². The van der Waals surface area contributed by atoms with Gasteiger partial charge in [-0.1, -0.05) is 18.9 Å². The first-order valence-electron chi connectivity index (χ1n) is 6.92. The Labute approximate surface area is 116 Å². The SMILES string of the molecule is Cc1cccc(-c2nc(O)c(C3CCCC3)c(=O)[nH]2)n1. The number of nitrogens with zero attached hydrogens (tertiary/aromatic N) is 2. The Kier molecular flexibility index (Phi) is 3.26. The van der Waals surface area contributed by atoms with Gasteiger partial charge in [0.1, 0.15) is 5.69 Å². The van der Waals surface area contributed by atoms with Crippen molar-refractivity contribution in [2.45, 2.75) is 38.5 Å². The molecule has 20 heavy (non-hydrogen) atoms. The van der Waals surface area contributed by atoms with Crippen LogP contribution in [0.25, 0.3) is 11.5 Å². The summed E-state index contributed by atoms with van der Waals surface area (Å²) in [6.07, 6.45) is 4.09. The molecule has 0 aliphatic heterocycles. The van der Waals surface area contributed by atoms with Crippen LogP contribution in [0, 0.1) is 6.92 Å². The largest absolute Gasteiger partial charge is 0.493 e. The van der Waals surface area contributed by atoms with Crippen molar-refractivity contribution >= 4 is 0 Å². The molecule has 0 bridgehead atoms. The molecule has 0 unspecified atom stereocenters. The van der Waals surface area contributed by atoms with Gasteiger partial charge < -0.3 is 10.1 Å². The van der Waals surface area contributed by atoms with Gasteiger partial charge in [-0.25, -0.2) is 4.98 Å². The average molecular weight is 271 g/mol. The van der Waals surface area contributed by atoms with Crippen molar-refractivity contribution in [3.63, 3.8) is 0 Å². The molecule has 1 aliphatic rings. The predicted octanol–water partition coefficient (Wildman–Crippen LogP) is 2.50. The number of hydrogen-bond acceptors (Lipinski definition) is 4. The lowest BCUT2D eigenvalue weighted by Gasteiger charge is -2.10. The quantitative estimate of drug-likeness (QED) is 0.879. The molecule has 104 valence electrons. The zero-order valence-corrected chi connectivity index (χ0v) is 11.4. The number of rotatable bonds is 2. The summed E-state index contributed by atoms with van der Waals surface area (Å²) in [7, 11) is 0. The van der Waals surface area contributed by atoms with E-state index in [-0.39, 0.29) is 17.4 Å². The van der Waals surface area contributed by atoms with Gasteiger partial charge in [-0.2, -0.15) is 4.98 Å². The first-order valence-corrected chi connectivity index (χ1v) is 6.92. The van der Waals surface area contributed by atoms with Gasteiger partial charge in [0.25, 0.3) is 5.56 Å². The Morgan fingerprint density at radius 1 is 1.25 bits per heavy atom. The Hall–Kier alpha value is -2.17. The van der Waals surface area contributed by atoms with Gasteiger partial charge in [-0.15, -0.1) is 0 Å². The summed E-state index contributed by atoms with van der Waals surface area (Å²) >= 11 is 0. The molecule has 1 saturated carbocycles. The van der Waals surface area contributed by atoms with Gasteiger partial charge in [0.2, 0.25) is 5.88 Å². The van der Waals surface area contributed by atoms with Crippen LogP contribution in [0.4, 0.5) is 0 Å². The molecular weight excluding hydrogens is 254 g/mol. The molecule has 1 fully saturated rings. The summed E-state index contributed by atoms with van der Waals surface area (Å²) in [5.74, 6) is 0.294. The third kappa shape index (κ3) is 2.31. The molecule has 0 atom stereocenters. The van der Waals surface area contributed by atoms with E-state index >= 15 is 0 Å². The highest BCUT2D eigenvalue weighted by atomic mass is 16.3. The fourth-order valence-electron chi connectivity index (χ4n) is 2.85. The zero-order valence-electron chi connectivity index (χ0n) is 11.4. The van der Waals surface area contributed by atoms with Crippen LogP contribution < -0.4 is 5.56 Å². The average Bonchev–Trinajstić information content (AvgIpc) is 2.91. The van der Waals surface area contributed by atoms with E-state index in [0.29, 0.717) is 17.1 Å². The Balaban J connectivity index is 2.05. The highest BCUT2D eigenvalue weighted by Gasteiger charge is 2.24. The molecule has 2 aromatic heterocycles. The van der Waals surface area contributed by atoms with E-state index in [1.165, 1.54) is 0 Å². The Bertz CT molecular complexity index is 688. The number of aromatic hydroxyl groups is 1. The van der Waals surface area contributed by atoms with Crippen molar-refractivity contribution < 1.29 is 5.11 Å². The van der Waals surface area contributed by atoms with Crippen molar-refractivity contribution in [1.82, 2.24) is 15.0 Å². The number of aryl methyl sites for hydroxylation is 1. The van der Waals surface area contributed by atoms with E-state index in [1.807, 2.05) is 19.1 Å². The van der Waals surface area contributed by atoms with Crippen molar-refractivity contribution in [2.75, 3.05) is 0 Å². The lowest BCUT2D eigenvalue weighted by molar-refractivity contribution is 0.436. The second-order valence-corrected chi connectivity index (χ2v) is 5.30. The third-order valence-electron chi connectivity index (χ3n) is 3.83. The molecule has 0 amide bonds. The molecule has 0 saturated heterocycles. The molecule has 2 heterocycles. The molecule has 0 aromatic carbocycles. The topological polar surface area (TPSA) is 78.9 Å². The molecule has 5 nitrogen and oxygen atoms in total. The Morgan fingerprint density at radius 3 is 2.65 bits per heavy atom. The summed E-state index contributed by atoms with van der Waals surface area (Å²) in [6.45, 7) is 1.87. The van der Waals surface area contributed by atoms with E-state index in [0.717, 1.165) is 31.4 Å². The van der Waals surface area contributed by atoms with Crippen molar-refractivity contribution in [1.29, 1.82) is 0 Å². The van der Waals surface area contributed by atoms with Crippen molar-refractivity contribution in [3.8, 4) is 17.4 Å². The highest BCUT2D eigenvalue weighted by Crippen LogP contribution is 2.35. The van der Waals surface area contributed by atoms with Crippen molar-refractivity contribution in [3.05, 3.63) is 39.8 Å². The molecule has 3 rings (SSSR count).